The molecule has 2 atom stereocenters. The van der Waals surface area contributed by atoms with E-state index in [4.69, 9.17) is 27.9 Å². The van der Waals surface area contributed by atoms with E-state index >= 15 is 0 Å². The number of rotatable bonds is 4. The van der Waals surface area contributed by atoms with Gasteiger partial charge >= 0.3 is 0 Å². The number of anilines is 2. The zero-order valence-corrected chi connectivity index (χ0v) is 12.3. The lowest BCUT2D eigenvalue weighted by Gasteiger charge is -2.21. The van der Waals surface area contributed by atoms with Crippen molar-refractivity contribution >= 4 is 34.8 Å². The fourth-order valence-corrected chi connectivity index (χ4v) is 3.08. The van der Waals surface area contributed by atoms with Gasteiger partial charge in [0, 0.05) is 13.7 Å². The van der Waals surface area contributed by atoms with Crippen molar-refractivity contribution in [1.82, 2.24) is 4.98 Å². The van der Waals surface area contributed by atoms with E-state index in [2.05, 4.69) is 15.6 Å². The minimum absolute atomic E-state index is 0.295. The molecule has 2 heterocycles. The summed E-state index contributed by atoms with van der Waals surface area (Å²) in [6.45, 7) is 0.808. The molecule has 104 valence electrons. The third kappa shape index (κ3) is 2.76. The molecule has 3 rings (SSSR count). The zero-order valence-electron chi connectivity index (χ0n) is 10.7. The molecule has 1 saturated heterocycles. The van der Waals surface area contributed by atoms with Crippen LogP contribution in [0.5, 0.6) is 0 Å². The third-order valence-corrected chi connectivity index (χ3v) is 4.29. The topological polar surface area (TPSA) is 46.2 Å². The molecule has 2 unspecified atom stereocenters. The Morgan fingerprint density at radius 2 is 1.95 bits per heavy atom. The number of ether oxygens (including phenoxy) is 1. The molecule has 0 amide bonds. The summed E-state index contributed by atoms with van der Waals surface area (Å²) < 4.78 is 5.81. The molecule has 1 saturated carbocycles. The van der Waals surface area contributed by atoms with E-state index < -0.39 is 0 Å². The van der Waals surface area contributed by atoms with Gasteiger partial charge in [0.15, 0.2) is 0 Å². The number of nitrogens with one attached hydrogen (secondary N) is 2. The first kappa shape index (κ1) is 13.3. The maximum atomic E-state index is 6.20. The average Bonchev–Trinajstić information content (AvgIpc) is 3.13. The predicted octanol–water partition coefficient (Wildman–Crippen LogP) is 3.41. The van der Waals surface area contributed by atoms with Crippen molar-refractivity contribution in [3.05, 3.63) is 16.1 Å². The molecule has 0 spiro atoms. The highest BCUT2D eigenvalue weighted by Gasteiger charge is 2.40. The molecule has 2 N–H and O–H groups in total. The van der Waals surface area contributed by atoms with Crippen LogP contribution in [-0.2, 0) is 4.74 Å². The van der Waals surface area contributed by atoms with Gasteiger partial charge in [-0.1, -0.05) is 23.2 Å². The molecule has 0 bridgehead atoms. The summed E-state index contributed by atoms with van der Waals surface area (Å²) in [5, 5.41) is 7.45. The number of halogens is 2. The molecule has 4 nitrogen and oxygen atoms in total. The SMILES string of the molecule is CNc1nc(NC2CCOC2C2CC2)c(Cl)cc1Cl. The number of aromatic nitrogens is 1. The Kier molecular flexibility index (Phi) is 3.74. The summed E-state index contributed by atoms with van der Waals surface area (Å²) in [6.07, 6.45) is 3.83. The molecule has 6 heteroatoms. The van der Waals surface area contributed by atoms with Gasteiger partial charge in [-0.15, -0.1) is 0 Å². The maximum absolute atomic E-state index is 6.20. The van der Waals surface area contributed by atoms with Crippen LogP contribution in [0.3, 0.4) is 0 Å². The van der Waals surface area contributed by atoms with Crippen LogP contribution >= 0.6 is 23.2 Å². The molecule has 2 aliphatic rings. The van der Waals surface area contributed by atoms with Crippen molar-refractivity contribution in [3.63, 3.8) is 0 Å². The molecule has 0 radical (unpaired) electrons. The molecule has 1 aliphatic heterocycles. The van der Waals surface area contributed by atoms with Gasteiger partial charge in [-0.3, -0.25) is 0 Å². The first-order valence-corrected chi connectivity index (χ1v) is 7.36. The Morgan fingerprint density at radius 3 is 2.63 bits per heavy atom. The van der Waals surface area contributed by atoms with Crippen molar-refractivity contribution in [2.45, 2.75) is 31.4 Å². The highest BCUT2D eigenvalue weighted by atomic mass is 35.5. The van der Waals surface area contributed by atoms with E-state index in [-0.39, 0.29) is 0 Å². The van der Waals surface area contributed by atoms with Crippen molar-refractivity contribution in [3.8, 4) is 0 Å². The van der Waals surface area contributed by atoms with Gasteiger partial charge in [0.05, 0.1) is 22.2 Å². The van der Waals surface area contributed by atoms with E-state index in [1.54, 1.807) is 13.1 Å². The largest absolute Gasteiger partial charge is 0.376 e. The highest BCUT2D eigenvalue weighted by molar-refractivity contribution is 6.37. The molecule has 1 aliphatic carbocycles. The number of pyridine rings is 1. The van der Waals surface area contributed by atoms with Crippen molar-refractivity contribution in [1.29, 1.82) is 0 Å². The maximum Gasteiger partial charge on any atom is 0.147 e. The minimum Gasteiger partial charge on any atom is -0.376 e. The summed E-state index contributed by atoms with van der Waals surface area (Å²) >= 11 is 12.2. The first-order valence-electron chi connectivity index (χ1n) is 6.61. The molecule has 1 aromatic heterocycles. The van der Waals surface area contributed by atoms with E-state index in [1.165, 1.54) is 12.8 Å². The van der Waals surface area contributed by atoms with E-state index in [9.17, 15) is 0 Å². The first-order chi connectivity index (χ1) is 9.19. The Hall–Kier alpha value is -0.710. The smallest absolute Gasteiger partial charge is 0.147 e. The fourth-order valence-electron chi connectivity index (χ4n) is 2.57. The van der Waals surface area contributed by atoms with Gasteiger partial charge in [0.2, 0.25) is 0 Å². The van der Waals surface area contributed by atoms with Crippen LogP contribution in [0.1, 0.15) is 19.3 Å². The summed E-state index contributed by atoms with van der Waals surface area (Å²) in [4.78, 5) is 4.43. The van der Waals surface area contributed by atoms with Crippen LogP contribution in [-0.4, -0.2) is 30.8 Å². The molecular weight excluding hydrogens is 285 g/mol. The number of hydrogen-bond acceptors (Lipinski definition) is 4. The lowest BCUT2D eigenvalue weighted by atomic mass is 10.1. The zero-order chi connectivity index (χ0) is 13.4. The predicted molar refractivity (Wildman–Crippen MR) is 78.3 cm³/mol. The second-order valence-electron chi connectivity index (χ2n) is 5.11. The van der Waals surface area contributed by atoms with Gasteiger partial charge in [0.25, 0.3) is 0 Å². The van der Waals surface area contributed by atoms with Crippen LogP contribution in [0.2, 0.25) is 10.0 Å². The van der Waals surface area contributed by atoms with Gasteiger partial charge in [-0.25, -0.2) is 4.98 Å². The minimum atomic E-state index is 0.295. The summed E-state index contributed by atoms with van der Waals surface area (Å²) in [5.74, 6) is 2.02. The quantitative estimate of drug-likeness (QED) is 0.895. The van der Waals surface area contributed by atoms with Gasteiger partial charge < -0.3 is 15.4 Å². The van der Waals surface area contributed by atoms with Crippen molar-refractivity contribution in [2.75, 3.05) is 24.3 Å². The lowest BCUT2D eigenvalue weighted by molar-refractivity contribution is 0.0898. The third-order valence-electron chi connectivity index (χ3n) is 3.71. The van der Waals surface area contributed by atoms with Gasteiger partial charge in [-0.05, 0) is 31.2 Å². The number of hydrogen-bond donors (Lipinski definition) is 2. The van der Waals surface area contributed by atoms with Crippen LogP contribution in [0.15, 0.2) is 6.07 Å². The highest BCUT2D eigenvalue weighted by Crippen LogP contribution is 2.40. The van der Waals surface area contributed by atoms with Crippen LogP contribution in [0, 0.1) is 5.92 Å². The summed E-state index contributed by atoms with van der Waals surface area (Å²) in [7, 11) is 1.79. The standard InChI is InChI=1S/C13H17Cl2N3O/c1-16-12-8(14)6-9(15)13(18-12)17-10-4-5-19-11(10)7-2-3-7/h6-7,10-11H,2-5H2,1H3,(H2,16,17,18). The monoisotopic (exact) mass is 301 g/mol. The van der Waals surface area contributed by atoms with Gasteiger partial charge in [0.1, 0.15) is 11.6 Å². The molecule has 0 aromatic carbocycles. The van der Waals surface area contributed by atoms with E-state index in [0.29, 0.717) is 39.7 Å². The Morgan fingerprint density at radius 1 is 1.21 bits per heavy atom. The Balaban J connectivity index is 1.78. The summed E-state index contributed by atoms with van der Waals surface area (Å²) in [6, 6.07) is 2.01. The second kappa shape index (κ2) is 5.35. The van der Waals surface area contributed by atoms with E-state index in [0.717, 1.165) is 13.0 Å². The number of nitrogens with zero attached hydrogens (tertiary/aromatic N) is 1. The van der Waals surface area contributed by atoms with E-state index in [1.807, 2.05) is 0 Å². The Labute approximate surface area is 122 Å². The van der Waals surface area contributed by atoms with Crippen LogP contribution in [0.25, 0.3) is 0 Å². The average molecular weight is 302 g/mol. The Bertz CT molecular complexity index is 479. The van der Waals surface area contributed by atoms with Gasteiger partial charge in [-0.2, -0.15) is 0 Å². The van der Waals surface area contributed by atoms with Crippen LogP contribution in [0.4, 0.5) is 11.6 Å². The molecular formula is C13H17Cl2N3O. The normalized spacial score (nSPS) is 26.5. The van der Waals surface area contributed by atoms with Crippen molar-refractivity contribution in [2.24, 2.45) is 5.92 Å². The second-order valence-corrected chi connectivity index (χ2v) is 5.93. The molecule has 1 aromatic rings. The van der Waals surface area contributed by atoms with Crippen molar-refractivity contribution < 1.29 is 4.74 Å². The van der Waals surface area contributed by atoms with Crippen LogP contribution < -0.4 is 10.6 Å². The molecule has 19 heavy (non-hydrogen) atoms. The lowest BCUT2D eigenvalue weighted by Crippen LogP contribution is -2.31. The fraction of sp³-hybridized carbons (Fsp3) is 0.615. The summed E-state index contributed by atoms with van der Waals surface area (Å²) in [5.41, 5.74) is 0. The molecule has 2 fully saturated rings.